The van der Waals surface area contributed by atoms with E-state index < -0.39 is 0 Å². The number of rotatable bonds is 7. The SMILES string of the molecule is CNC(CCN(C)CC1CC(O)C1)c1ccc(C)cc1. The monoisotopic (exact) mass is 276 g/mol. The van der Waals surface area contributed by atoms with Gasteiger partial charge in [-0.25, -0.2) is 0 Å². The molecule has 1 aromatic carbocycles. The normalized spacial score (nSPS) is 23.6. The molecule has 3 heteroatoms. The Balaban J connectivity index is 1.76. The van der Waals surface area contributed by atoms with E-state index in [-0.39, 0.29) is 6.10 Å². The maximum Gasteiger partial charge on any atom is 0.0546 e. The van der Waals surface area contributed by atoms with Crippen LogP contribution in [0.1, 0.15) is 36.4 Å². The maximum absolute atomic E-state index is 9.33. The van der Waals surface area contributed by atoms with Crippen LogP contribution in [0.15, 0.2) is 24.3 Å². The van der Waals surface area contributed by atoms with Gasteiger partial charge in [0.25, 0.3) is 0 Å². The lowest BCUT2D eigenvalue weighted by Gasteiger charge is -2.34. The highest BCUT2D eigenvalue weighted by molar-refractivity contribution is 5.24. The first-order valence-electron chi connectivity index (χ1n) is 7.69. The molecule has 0 aliphatic heterocycles. The van der Waals surface area contributed by atoms with Crippen LogP contribution in [0.3, 0.4) is 0 Å². The topological polar surface area (TPSA) is 35.5 Å². The van der Waals surface area contributed by atoms with Crippen LogP contribution in [0.25, 0.3) is 0 Å². The average Bonchev–Trinajstić information content (AvgIpc) is 2.39. The number of nitrogens with one attached hydrogen (secondary N) is 1. The summed E-state index contributed by atoms with van der Waals surface area (Å²) in [4.78, 5) is 2.40. The van der Waals surface area contributed by atoms with Gasteiger partial charge in [0.1, 0.15) is 0 Å². The zero-order chi connectivity index (χ0) is 14.5. The van der Waals surface area contributed by atoms with Gasteiger partial charge in [-0.3, -0.25) is 0 Å². The molecule has 20 heavy (non-hydrogen) atoms. The molecule has 112 valence electrons. The van der Waals surface area contributed by atoms with Crippen molar-refractivity contribution >= 4 is 0 Å². The van der Waals surface area contributed by atoms with Crippen LogP contribution in [0, 0.1) is 12.8 Å². The lowest BCUT2D eigenvalue weighted by Crippen LogP contribution is -2.38. The van der Waals surface area contributed by atoms with E-state index in [4.69, 9.17) is 0 Å². The summed E-state index contributed by atoms with van der Waals surface area (Å²) in [6, 6.07) is 9.22. The Labute approximate surface area is 123 Å². The lowest BCUT2D eigenvalue weighted by molar-refractivity contribution is 0.0279. The third-order valence-corrected chi connectivity index (χ3v) is 4.41. The van der Waals surface area contributed by atoms with Crippen LogP contribution in [-0.4, -0.2) is 43.3 Å². The Morgan fingerprint density at radius 2 is 1.95 bits per heavy atom. The smallest absolute Gasteiger partial charge is 0.0546 e. The molecule has 0 amide bonds. The maximum atomic E-state index is 9.33. The van der Waals surface area contributed by atoms with Gasteiger partial charge in [0.05, 0.1) is 6.10 Å². The third kappa shape index (κ3) is 4.30. The van der Waals surface area contributed by atoms with Crippen LogP contribution in [-0.2, 0) is 0 Å². The van der Waals surface area contributed by atoms with Crippen molar-refractivity contribution in [3.63, 3.8) is 0 Å². The zero-order valence-corrected chi connectivity index (χ0v) is 13.0. The van der Waals surface area contributed by atoms with E-state index in [1.54, 1.807) is 0 Å². The molecule has 0 heterocycles. The summed E-state index contributed by atoms with van der Waals surface area (Å²) in [6.07, 6.45) is 3.05. The fourth-order valence-corrected chi connectivity index (χ4v) is 3.01. The molecule has 0 spiro atoms. The lowest BCUT2D eigenvalue weighted by atomic mass is 9.82. The highest BCUT2D eigenvalue weighted by atomic mass is 16.3. The Hall–Kier alpha value is -0.900. The first kappa shape index (κ1) is 15.5. The molecule has 0 bridgehead atoms. The van der Waals surface area contributed by atoms with Crippen molar-refractivity contribution in [2.75, 3.05) is 27.2 Å². The van der Waals surface area contributed by atoms with Crippen molar-refractivity contribution in [3.05, 3.63) is 35.4 Å². The van der Waals surface area contributed by atoms with Crippen LogP contribution >= 0.6 is 0 Å². The number of aliphatic hydroxyl groups excluding tert-OH is 1. The van der Waals surface area contributed by atoms with Crippen molar-refractivity contribution < 1.29 is 5.11 Å². The highest BCUT2D eigenvalue weighted by Crippen LogP contribution is 2.27. The Morgan fingerprint density at radius 3 is 2.50 bits per heavy atom. The fraction of sp³-hybridized carbons (Fsp3) is 0.647. The van der Waals surface area contributed by atoms with E-state index in [2.05, 4.69) is 48.5 Å². The van der Waals surface area contributed by atoms with Crippen molar-refractivity contribution in [1.82, 2.24) is 10.2 Å². The van der Waals surface area contributed by atoms with Gasteiger partial charge in [-0.15, -0.1) is 0 Å². The summed E-state index contributed by atoms with van der Waals surface area (Å²) >= 11 is 0. The van der Waals surface area contributed by atoms with Gasteiger partial charge in [0.2, 0.25) is 0 Å². The molecule has 1 atom stereocenters. The molecule has 2 N–H and O–H groups in total. The minimum Gasteiger partial charge on any atom is -0.393 e. The molecule has 2 rings (SSSR count). The third-order valence-electron chi connectivity index (χ3n) is 4.41. The van der Waals surface area contributed by atoms with Crippen molar-refractivity contribution in [2.24, 2.45) is 5.92 Å². The highest BCUT2D eigenvalue weighted by Gasteiger charge is 2.27. The Bertz CT molecular complexity index is 398. The molecule has 1 fully saturated rings. The number of hydrogen-bond donors (Lipinski definition) is 2. The van der Waals surface area contributed by atoms with Gasteiger partial charge in [0, 0.05) is 12.6 Å². The molecule has 0 aromatic heterocycles. The van der Waals surface area contributed by atoms with Gasteiger partial charge in [0.15, 0.2) is 0 Å². The summed E-state index contributed by atoms with van der Waals surface area (Å²) in [5.74, 6) is 0.697. The van der Waals surface area contributed by atoms with Crippen LogP contribution in [0.4, 0.5) is 0 Å². The Morgan fingerprint density at radius 1 is 1.30 bits per heavy atom. The van der Waals surface area contributed by atoms with Crippen LogP contribution in [0.5, 0.6) is 0 Å². The van der Waals surface area contributed by atoms with E-state index in [1.807, 2.05) is 7.05 Å². The molecular formula is C17H28N2O. The van der Waals surface area contributed by atoms with Crippen molar-refractivity contribution in [1.29, 1.82) is 0 Å². The predicted molar refractivity (Wildman–Crippen MR) is 83.8 cm³/mol. The summed E-state index contributed by atoms with van der Waals surface area (Å²) < 4.78 is 0. The van der Waals surface area contributed by atoms with Gasteiger partial charge >= 0.3 is 0 Å². The second kappa shape index (κ2) is 7.21. The Kier molecular flexibility index (Phi) is 5.58. The molecular weight excluding hydrogens is 248 g/mol. The average molecular weight is 276 g/mol. The summed E-state index contributed by atoms with van der Waals surface area (Å²) in [7, 11) is 4.22. The molecule has 1 unspecified atom stereocenters. The van der Waals surface area contributed by atoms with E-state index in [9.17, 15) is 5.11 Å². The molecule has 0 saturated heterocycles. The van der Waals surface area contributed by atoms with Crippen LogP contribution in [0.2, 0.25) is 0 Å². The first-order chi connectivity index (χ1) is 9.58. The van der Waals surface area contributed by atoms with Gasteiger partial charge in [-0.1, -0.05) is 29.8 Å². The van der Waals surface area contributed by atoms with E-state index in [0.29, 0.717) is 12.0 Å². The number of nitrogens with zero attached hydrogens (tertiary/aromatic N) is 1. The molecule has 0 radical (unpaired) electrons. The molecule has 3 nitrogen and oxygen atoms in total. The fourth-order valence-electron chi connectivity index (χ4n) is 3.01. The van der Waals surface area contributed by atoms with Gasteiger partial charge < -0.3 is 15.3 Å². The van der Waals surface area contributed by atoms with Gasteiger partial charge in [-0.05, 0) is 58.3 Å². The predicted octanol–water partition coefficient (Wildman–Crippen LogP) is 2.35. The molecule has 1 aromatic rings. The van der Waals surface area contributed by atoms with Crippen molar-refractivity contribution in [3.8, 4) is 0 Å². The van der Waals surface area contributed by atoms with E-state index in [0.717, 1.165) is 32.4 Å². The molecule has 1 aliphatic rings. The van der Waals surface area contributed by atoms with Crippen LogP contribution < -0.4 is 5.32 Å². The number of aryl methyl sites for hydroxylation is 1. The van der Waals surface area contributed by atoms with E-state index in [1.165, 1.54) is 11.1 Å². The standard InChI is InChI=1S/C17H28N2O/c1-13-4-6-15(7-5-13)17(18-2)8-9-19(3)12-14-10-16(20)11-14/h4-7,14,16-18,20H,8-12H2,1-3H3. The molecule has 1 aliphatic carbocycles. The van der Waals surface area contributed by atoms with Crippen molar-refractivity contribution in [2.45, 2.75) is 38.3 Å². The summed E-state index contributed by atoms with van der Waals surface area (Å²) in [5, 5.41) is 12.7. The second-order valence-electron chi connectivity index (χ2n) is 6.29. The summed E-state index contributed by atoms with van der Waals surface area (Å²) in [5.41, 5.74) is 2.68. The minimum atomic E-state index is -0.0361. The number of benzene rings is 1. The van der Waals surface area contributed by atoms with E-state index >= 15 is 0 Å². The number of hydrogen-bond acceptors (Lipinski definition) is 3. The number of aliphatic hydroxyl groups is 1. The largest absolute Gasteiger partial charge is 0.393 e. The zero-order valence-electron chi connectivity index (χ0n) is 13.0. The van der Waals surface area contributed by atoms with Gasteiger partial charge in [-0.2, -0.15) is 0 Å². The quantitative estimate of drug-likeness (QED) is 0.802. The minimum absolute atomic E-state index is 0.0361. The first-order valence-corrected chi connectivity index (χ1v) is 7.69. The second-order valence-corrected chi connectivity index (χ2v) is 6.29. The molecule has 1 saturated carbocycles. The summed E-state index contributed by atoms with van der Waals surface area (Å²) in [6.45, 7) is 4.33.